The fourth-order valence-electron chi connectivity index (χ4n) is 2.51. The van der Waals surface area contributed by atoms with Gasteiger partial charge in [0, 0.05) is 31.0 Å². The zero-order valence-corrected chi connectivity index (χ0v) is 11.2. The first kappa shape index (κ1) is 12.8. The molecule has 0 aromatic heterocycles. The molecule has 1 amide bonds. The topological polar surface area (TPSA) is 37.4 Å². The van der Waals surface area contributed by atoms with E-state index in [9.17, 15) is 9.59 Å². The molecule has 1 atom stereocenters. The monoisotopic (exact) mass is 245 g/mol. The minimum Gasteiger partial charge on any atom is -0.337 e. The summed E-state index contributed by atoms with van der Waals surface area (Å²) in [7, 11) is 0. The molecule has 1 aromatic rings. The van der Waals surface area contributed by atoms with Crippen LogP contribution < -0.4 is 0 Å². The Labute approximate surface area is 108 Å². The Bertz CT molecular complexity index is 473. The Morgan fingerprint density at radius 3 is 2.44 bits per heavy atom. The summed E-state index contributed by atoms with van der Waals surface area (Å²) in [5, 5.41) is 0. The highest BCUT2D eigenvalue weighted by molar-refractivity contribution is 5.98. The second-order valence-corrected chi connectivity index (χ2v) is 5.14. The van der Waals surface area contributed by atoms with Gasteiger partial charge in [-0.05, 0) is 25.0 Å². The molecule has 18 heavy (non-hydrogen) atoms. The summed E-state index contributed by atoms with van der Waals surface area (Å²) in [5.74, 6) is 0.289. The number of likely N-dealkylation sites (tertiary alicyclic amines) is 1. The number of piperidine rings is 1. The lowest BCUT2D eigenvalue weighted by Crippen LogP contribution is -2.43. The molecule has 2 rings (SSSR count). The van der Waals surface area contributed by atoms with Crippen molar-refractivity contribution < 1.29 is 9.59 Å². The van der Waals surface area contributed by atoms with E-state index in [1.165, 1.54) is 0 Å². The fourth-order valence-corrected chi connectivity index (χ4v) is 2.51. The summed E-state index contributed by atoms with van der Waals surface area (Å²) >= 11 is 0. The van der Waals surface area contributed by atoms with Crippen LogP contribution in [-0.4, -0.2) is 29.7 Å². The zero-order valence-electron chi connectivity index (χ0n) is 11.2. The number of nitrogens with zero attached hydrogens (tertiary/aromatic N) is 1. The maximum absolute atomic E-state index is 12.5. The summed E-state index contributed by atoms with van der Waals surface area (Å²) in [6, 6.07) is 5.88. The Morgan fingerprint density at radius 1 is 1.28 bits per heavy atom. The minimum atomic E-state index is -0.0352. The van der Waals surface area contributed by atoms with Crippen molar-refractivity contribution >= 4 is 11.7 Å². The Kier molecular flexibility index (Phi) is 3.50. The highest BCUT2D eigenvalue weighted by Crippen LogP contribution is 2.20. The lowest BCUT2D eigenvalue weighted by molar-refractivity contribution is -0.124. The second kappa shape index (κ2) is 4.92. The summed E-state index contributed by atoms with van der Waals surface area (Å²) in [5.41, 5.74) is 2.80. The highest BCUT2D eigenvalue weighted by Gasteiger charge is 2.28. The molecular formula is C15H19NO2. The van der Waals surface area contributed by atoms with Crippen LogP contribution in [0.25, 0.3) is 0 Å². The van der Waals surface area contributed by atoms with Gasteiger partial charge in [-0.1, -0.05) is 25.1 Å². The molecule has 96 valence electrons. The quantitative estimate of drug-likeness (QED) is 0.761. The fraction of sp³-hybridized carbons (Fsp3) is 0.467. The van der Waals surface area contributed by atoms with Gasteiger partial charge in [0.15, 0.2) is 0 Å². The average Bonchev–Trinajstić information content (AvgIpc) is 2.32. The molecule has 3 heteroatoms. The van der Waals surface area contributed by atoms with Gasteiger partial charge in [-0.25, -0.2) is 0 Å². The zero-order chi connectivity index (χ0) is 13.3. The van der Waals surface area contributed by atoms with Crippen molar-refractivity contribution in [1.29, 1.82) is 0 Å². The lowest BCUT2D eigenvalue weighted by atomic mass is 9.96. The molecular weight excluding hydrogens is 226 g/mol. The molecule has 1 fully saturated rings. The van der Waals surface area contributed by atoms with Gasteiger partial charge in [0.25, 0.3) is 5.91 Å². The third kappa shape index (κ3) is 2.30. The predicted molar refractivity (Wildman–Crippen MR) is 70.6 cm³/mol. The summed E-state index contributed by atoms with van der Waals surface area (Å²) in [4.78, 5) is 25.8. The number of carbonyl (C=O) groups is 2. The summed E-state index contributed by atoms with van der Waals surface area (Å²) in [6.45, 7) is 6.91. The second-order valence-electron chi connectivity index (χ2n) is 5.14. The molecule has 1 aliphatic heterocycles. The number of rotatable bonds is 1. The molecule has 0 saturated carbocycles. The van der Waals surface area contributed by atoms with Crippen LogP contribution in [0.4, 0.5) is 0 Å². The van der Waals surface area contributed by atoms with E-state index >= 15 is 0 Å². The number of carbonyl (C=O) groups excluding carboxylic acids is 2. The molecule has 3 nitrogen and oxygen atoms in total. The maximum atomic E-state index is 12.5. The van der Waals surface area contributed by atoms with Gasteiger partial charge in [-0.3, -0.25) is 9.59 Å². The number of hydrogen-bond acceptors (Lipinski definition) is 2. The van der Waals surface area contributed by atoms with Gasteiger partial charge < -0.3 is 4.90 Å². The van der Waals surface area contributed by atoms with Crippen molar-refractivity contribution in [2.75, 3.05) is 13.1 Å². The smallest absolute Gasteiger partial charge is 0.254 e. The Balaban J connectivity index is 2.24. The molecule has 0 spiro atoms. The van der Waals surface area contributed by atoms with Crippen LogP contribution in [0.2, 0.25) is 0 Å². The third-order valence-electron chi connectivity index (χ3n) is 3.65. The van der Waals surface area contributed by atoms with Crippen molar-refractivity contribution in [3.63, 3.8) is 0 Å². The average molecular weight is 245 g/mol. The van der Waals surface area contributed by atoms with Crippen molar-refractivity contribution in [3.8, 4) is 0 Å². The van der Waals surface area contributed by atoms with Crippen LogP contribution in [0, 0.1) is 19.8 Å². The number of ketones is 1. The number of benzene rings is 1. The van der Waals surface area contributed by atoms with Crippen molar-refractivity contribution in [1.82, 2.24) is 4.90 Å². The Hall–Kier alpha value is -1.64. The molecule has 1 unspecified atom stereocenters. The van der Waals surface area contributed by atoms with Gasteiger partial charge in [0.2, 0.25) is 0 Å². The third-order valence-corrected chi connectivity index (χ3v) is 3.65. The van der Waals surface area contributed by atoms with E-state index < -0.39 is 0 Å². The highest BCUT2D eigenvalue weighted by atomic mass is 16.2. The van der Waals surface area contributed by atoms with E-state index in [2.05, 4.69) is 0 Å². The minimum absolute atomic E-state index is 0.0352. The lowest BCUT2D eigenvalue weighted by Gasteiger charge is -2.31. The van der Waals surface area contributed by atoms with E-state index in [-0.39, 0.29) is 17.6 Å². The first-order valence-electron chi connectivity index (χ1n) is 6.39. The number of amides is 1. The van der Waals surface area contributed by atoms with Gasteiger partial charge in [0.05, 0.1) is 0 Å². The molecule has 1 heterocycles. The maximum Gasteiger partial charge on any atom is 0.254 e. The normalized spacial score (nSPS) is 20.1. The van der Waals surface area contributed by atoms with Crippen LogP contribution in [-0.2, 0) is 4.79 Å². The molecule has 0 bridgehead atoms. The molecule has 1 saturated heterocycles. The van der Waals surface area contributed by atoms with E-state index in [4.69, 9.17) is 0 Å². The molecule has 1 aromatic carbocycles. The molecule has 1 aliphatic rings. The van der Waals surface area contributed by atoms with Crippen molar-refractivity contribution in [2.24, 2.45) is 5.92 Å². The number of Topliss-reactive ketones (excluding diaryl/α,β-unsaturated/α-hetero) is 1. The van der Waals surface area contributed by atoms with E-state index in [0.29, 0.717) is 19.5 Å². The molecule has 0 N–H and O–H groups in total. The first-order chi connectivity index (χ1) is 8.50. The van der Waals surface area contributed by atoms with Gasteiger partial charge in [0.1, 0.15) is 5.78 Å². The van der Waals surface area contributed by atoms with Crippen LogP contribution in [0.5, 0.6) is 0 Å². The standard InChI is InChI=1S/C15H19NO2/c1-10-5-4-6-11(2)14(10)15(18)16-8-7-13(17)12(3)9-16/h4-6,12H,7-9H2,1-3H3. The molecule has 0 aliphatic carbocycles. The number of aryl methyl sites for hydroxylation is 2. The Morgan fingerprint density at radius 2 is 1.89 bits per heavy atom. The van der Waals surface area contributed by atoms with E-state index in [1.54, 1.807) is 4.90 Å². The van der Waals surface area contributed by atoms with Gasteiger partial charge in [-0.2, -0.15) is 0 Å². The van der Waals surface area contributed by atoms with E-state index in [1.807, 2.05) is 39.0 Å². The van der Waals surface area contributed by atoms with Crippen LogP contribution in [0.15, 0.2) is 18.2 Å². The van der Waals surface area contributed by atoms with Crippen LogP contribution >= 0.6 is 0 Å². The first-order valence-corrected chi connectivity index (χ1v) is 6.39. The predicted octanol–water partition coefficient (Wildman–Crippen LogP) is 2.35. The summed E-state index contributed by atoms with van der Waals surface area (Å²) in [6.07, 6.45) is 0.484. The molecule has 0 radical (unpaired) electrons. The van der Waals surface area contributed by atoms with Crippen molar-refractivity contribution in [2.45, 2.75) is 27.2 Å². The van der Waals surface area contributed by atoms with Crippen LogP contribution in [0.3, 0.4) is 0 Å². The van der Waals surface area contributed by atoms with Crippen molar-refractivity contribution in [3.05, 3.63) is 34.9 Å². The van der Waals surface area contributed by atoms with Crippen LogP contribution in [0.1, 0.15) is 34.8 Å². The van der Waals surface area contributed by atoms with Gasteiger partial charge in [-0.15, -0.1) is 0 Å². The summed E-state index contributed by atoms with van der Waals surface area (Å²) < 4.78 is 0. The van der Waals surface area contributed by atoms with E-state index in [0.717, 1.165) is 16.7 Å². The SMILES string of the molecule is Cc1cccc(C)c1C(=O)N1CCC(=O)C(C)C1. The largest absolute Gasteiger partial charge is 0.337 e. The number of hydrogen-bond donors (Lipinski definition) is 0. The van der Waals surface area contributed by atoms with Gasteiger partial charge >= 0.3 is 0 Å².